The second-order valence-electron chi connectivity index (χ2n) is 5.18. The Kier molecular flexibility index (Phi) is 5.14. The molecule has 1 unspecified atom stereocenters. The molecule has 0 aliphatic carbocycles. The van der Waals surface area contributed by atoms with Crippen molar-refractivity contribution in [2.45, 2.75) is 58.0 Å². The summed E-state index contributed by atoms with van der Waals surface area (Å²) in [6, 6.07) is -0.0550. The van der Waals surface area contributed by atoms with Crippen LogP contribution in [0.25, 0.3) is 0 Å². The topological polar surface area (TPSA) is 75.4 Å². The third-order valence-electron chi connectivity index (χ3n) is 3.76. The van der Waals surface area contributed by atoms with E-state index in [1.165, 1.54) is 0 Å². The first-order valence-corrected chi connectivity index (χ1v) is 6.80. The van der Waals surface area contributed by atoms with E-state index in [1.807, 2.05) is 20.8 Å². The Morgan fingerprint density at radius 2 is 2.11 bits per heavy atom. The Hall–Kier alpha value is -1.10. The molecule has 0 bridgehead atoms. The third kappa shape index (κ3) is 3.45. The zero-order valence-corrected chi connectivity index (χ0v) is 11.7. The van der Waals surface area contributed by atoms with Gasteiger partial charge in [-0.15, -0.1) is 0 Å². The average Bonchev–Trinajstić information content (AvgIpc) is 2.73. The van der Waals surface area contributed by atoms with Gasteiger partial charge in [0.2, 0.25) is 11.8 Å². The fourth-order valence-electron chi connectivity index (χ4n) is 2.21. The minimum Gasteiger partial charge on any atom is -0.350 e. The molecule has 1 rings (SSSR count). The Bertz CT molecular complexity index is 313. The molecular formula is C13H25N3O2. The number of nitrogens with zero attached hydrogens (tertiary/aromatic N) is 1. The van der Waals surface area contributed by atoms with Crippen molar-refractivity contribution < 1.29 is 9.59 Å². The highest BCUT2D eigenvalue weighted by Crippen LogP contribution is 2.13. The van der Waals surface area contributed by atoms with Crippen LogP contribution in [0.15, 0.2) is 0 Å². The molecule has 1 saturated heterocycles. The molecule has 1 atom stereocenters. The fraction of sp³-hybridized carbons (Fsp3) is 0.846. The van der Waals surface area contributed by atoms with Crippen molar-refractivity contribution in [2.24, 2.45) is 5.73 Å². The van der Waals surface area contributed by atoms with E-state index in [2.05, 4.69) is 5.32 Å². The number of carbonyl (C=O) groups is 2. The van der Waals surface area contributed by atoms with E-state index in [1.54, 1.807) is 4.90 Å². The van der Waals surface area contributed by atoms with Crippen molar-refractivity contribution in [2.75, 3.05) is 13.1 Å². The number of nitrogens with one attached hydrogen (secondary N) is 1. The Labute approximate surface area is 109 Å². The molecule has 0 saturated carbocycles. The molecular weight excluding hydrogens is 230 g/mol. The minimum atomic E-state index is -0.788. The summed E-state index contributed by atoms with van der Waals surface area (Å²) in [7, 11) is 0. The number of nitrogens with two attached hydrogens (primary N) is 1. The van der Waals surface area contributed by atoms with Crippen LogP contribution in [0.4, 0.5) is 0 Å². The highest BCUT2D eigenvalue weighted by Gasteiger charge is 2.31. The number of carbonyl (C=O) groups excluding carboxylic acids is 2. The molecule has 3 N–H and O–H groups in total. The van der Waals surface area contributed by atoms with Crippen LogP contribution in [0.3, 0.4) is 0 Å². The second kappa shape index (κ2) is 6.18. The van der Waals surface area contributed by atoms with Crippen molar-refractivity contribution >= 4 is 11.8 Å². The molecule has 0 spiro atoms. The maximum atomic E-state index is 12.1. The monoisotopic (exact) mass is 255 g/mol. The van der Waals surface area contributed by atoms with Gasteiger partial charge >= 0.3 is 0 Å². The largest absolute Gasteiger partial charge is 0.350 e. The molecule has 1 fully saturated rings. The number of likely N-dealkylation sites (tertiary alicyclic amines) is 1. The number of hydrogen-bond acceptors (Lipinski definition) is 3. The van der Waals surface area contributed by atoms with Crippen LogP contribution in [0, 0.1) is 0 Å². The Morgan fingerprint density at radius 3 is 2.56 bits per heavy atom. The fourth-order valence-corrected chi connectivity index (χ4v) is 2.21. The van der Waals surface area contributed by atoms with E-state index in [-0.39, 0.29) is 17.9 Å². The van der Waals surface area contributed by atoms with Gasteiger partial charge in [-0.05, 0) is 26.2 Å². The summed E-state index contributed by atoms with van der Waals surface area (Å²) >= 11 is 0. The molecule has 0 aromatic rings. The molecule has 0 radical (unpaired) electrons. The molecule has 1 aliphatic rings. The molecule has 2 amide bonds. The third-order valence-corrected chi connectivity index (χ3v) is 3.76. The first-order chi connectivity index (χ1) is 8.42. The van der Waals surface area contributed by atoms with Crippen LogP contribution in [0.2, 0.25) is 0 Å². The number of hydrogen-bond donors (Lipinski definition) is 2. The molecule has 1 heterocycles. The zero-order valence-electron chi connectivity index (χ0n) is 11.7. The van der Waals surface area contributed by atoms with E-state index in [0.29, 0.717) is 25.8 Å². The molecule has 18 heavy (non-hydrogen) atoms. The highest BCUT2D eigenvalue weighted by atomic mass is 16.2. The van der Waals surface area contributed by atoms with Crippen molar-refractivity contribution in [3.8, 4) is 0 Å². The summed E-state index contributed by atoms with van der Waals surface area (Å²) in [6.07, 6.45) is 2.78. The van der Waals surface area contributed by atoms with Crippen LogP contribution >= 0.6 is 0 Å². The molecule has 5 nitrogen and oxygen atoms in total. The SMILES string of the molecule is CCC(N)(CC)C(=O)NC(C)CN1CCCC1=O. The summed E-state index contributed by atoms with van der Waals surface area (Å²) in [5.41, 5.74) is 5.24. The van der Waals surface area contributed by atoms with Gasteiger partial charge in [0.15, 0.2) is 0 Å². The quantitative estimate of drug-likeness (QED) is 0.731. The predicted molar refractivity (Wildman–Crippen MR) is 70.9 cm³/mol. The Balaban J connectivity index is 2.46. The van der Waals surface area contributed by atoms with Crippen LogP contribution in [0.1, 0.15) is 46.5 Å². The van der Waals surface area contributed by atoms with E-state index in [9.17, 15) is 9.59 Å². The van der Waals surface area contributed by atoms with Gasteiger partial charge in [-0.2, -0.15) is 0 Å². The normalized spacial score (nSPS) is 18.0. The summed E-state index contributed by atoms with van der Waals surface area (Å²) in [4.78, 5) is 25.4. The lowest BCUT2D eigenvalue weighted by Crippen LogP contribution is -2.56. The second-order valence-corrected chi connectivity index (χ2v) is 5.18. The highest BCUT2D eigenvalue weighted by molar-refractivity contribution is 5.86. The summed E-state index contributed by atoms with van der Waals surface area (Å²) in [5.74, 6) is 0.0627. The number of amides is 2. The van der Waals surface area contributed by atoms with Gasteiger partial charge in [-0.3, -0.25) is 9.59 Å². The van der Waals surface area contributed by atoms with Gasteiger partial charge in [0, 0.05) is 25.6 Å². The summed E-state index contributed by atoms with van der Waals surface area (Å²) in [6.45, 7) is 7.12. The van der Waals surface area contributed by atoms with Crippen molar-refractivity contribution in [3.05, 3.63) is 0 Å². The van der Waals surface area contributed by atoms with Gasteiger partial charge in [0.25, 0.3) is 0 Å². The van der Waals surface area contributed by atoms with Crippen LogP contribution in [-0.2, 0) is 9.59 Å². The average molecular weight is 255 g/mol. The van der Waals surface area contributed by atoms with Crippen molar-refractivity contribution in [3.63, 3.8) is 0 Å². The molecule has 104 valence electrons. The van der Waals surface area contributed by atoms with Gasteiger partial charge in [0.05, 0.1) is 5.54 Å². The van der Waals surface area contributed by atoms with E-state index < -0.39 is 5.54 Å². The van der Waals surface area contributed by atoms with Crippen LogP contribution in [-0.4, -0.2) is 41.4 Å². The Morgan fingerprint density at radius 1 is 1.50 bits per heavy atom. The lowest BCUT2D eigenvalue weighted by molar-refractivity contribution is -0.130. The minimum absolute atomic E-state index is 0.0550. The first-order valence-electron chi connectivity index (χ1n) is 6.80. The molecule has 0 aromatic carbocycles. The molecule has 1 aliphatic heterocycles. The molecule has 5 heteroatoms. The van der Waals surface area contributed by atoms with E-state index in [4.69, 9.17) is 5.73 Å². The predicted octanol–water partition coefficient (Wildman–Crippen LogP) is 0.631. The zero-order chi connectivity index (χ0) is 13.8. The van der Waals surface area contributed by atoms with Gasteiger partial charge in [-0.25, -0.2) is 0 Å². The van der Waals surface area contributed by atoms with Gasteiger partial charge < -0.3 is 16.0 Å². The number of rotatable bonds is 6. The lowest BCUT2D eigenvalue weighted by atomic mass is 9.93. The van der Waals surface area contributed by atoms with Crippen LogP contribution in [0.5, 0.6) is 0 Å². The van der Waals surface area contributed by atoms with Crippen molar-refractivity contribution in [1.29, 1.82) is 0 Å². The lowest BCUT2D eigenvalue weighted by Gasteiger charge is -2.29. The maximum absolute atomic E-state index is 12.1. The van der Waals surface area contributed by atoms with Gasteiger partial charge in [-0.1, -0.05) is 13.8 Å². The summed E-state index contributed by atoms with van der Waals surface area (Å²) in [5, 5.41) is 2.91. The first kappa shape index (κ1) is 15.0. The van der Waals surface area contributed by atoms with E-state index >= 15 is 0 Å². The smallest absolute Gasteiger partial charge is 0.240 e. The van der Waals surface area contributed by atoms with Crippen LogP contribution < -0.4 is 11.1 Å². The molecule has 0 aromatic heterocycles. The van der Waals surface area contributed by atoms with Crippen molar-refractivity contribution in [1.82, 2.24) is 10.2 Å². The summed E-state index contributed by atoms with van der Waals surface area (Å²) < 4.78 is 0. The maximum Gasteiger partial charge on any atom is 0.240 e. The standard InChI is InChI=1S/C13H25N3O2/c1-4-13(14,5-2)12(18)15-10(3)9-16-8-6-7-11(16)17/h10H,4-9,14H2,1-3H3,(H,15,18). The van der Waals surface area contributed by atoms with E-state index in [0.717, 1.165) is 13.0 Å². The van der Waals surface area contributed by atoms with Gasteiger partial charge in [0.1, 0.15) is 0 Å².